The fourth-order valence-corrected chi connectivity index (χ4v) is 6.92. The lowest BCUT2D eigenvalue weighted by molar-refractivity contribution is -0.174. The summed E-state index contributed by atoms with van der Waals surface area (Å²) in [4.78, 5) is 12.6. The quantitative estimate of drug-likeness (QED) is 0.424. The summed E-state index contributed by atoms with van der Waals surface area (Å²) in [7, 11) is 1.54. The average molecular weight is 332 g/mol. The second-order valence-electron chi connectivity index (χ2n) is 9.46. The zero-order valence-corrected chi connectivity index (χ0v) is 15.9. The molecule has 1 heterocycles. The molecule has 2 saturated carbocycles. The van der Waals surface area contributed by atoms with Crippen LogP contribution < -0.4 is 0 Å². The molecular weight excluding hydrogens is 300 g/mol. The Morgan fingerprint density at radius 2 is 2.00 bits per heavy atom. The molecule has 1 spiro atoms. The molecule has 0 radical (unpaired) electrons. The Kier molecular flexibility index (Phi) is 3.53. The number of hydrogen-bond donors (Lipinski definition) is 0. The number of carbonyl (C=O) groups excluding carboxylic acids is 1. The van der Waals surface area contributed by atoms with Gasteiger partial charge in [0.2, 0.25) is 0 Å². The first kappa shape index (κ1) is 16.6. The molecule has 6 atom stereocenters. The van der Waals surface area contributed by atoms with Gasteiger partial charge in [0.1, 0.15) is 11.7 Å². The van der Waals surface area contributed by atoms with Gasteiger partial charge in [-0.15, -0.1) is 0 Å². The van der Waals surface area contributed by atoms with Crippen molar-refractivity contribution in [1.82, 2.24) is 0 Å². The van der Waals surface area contributed by atoms with E-state index in [2.05, 4.69) is 33.8 Å². The summed E-state index contributed by atoms with van der Waals surface area (Å²) in [5, 5.41) is 0. The first-order valence-electron chi connectivity index (χ1n) is 9.76. The van der Waals surface area contributed by atoms with Gasteiger partial charge in [-0.25, -0.2) is 0 Å². The van der Waals surface area contributed by atoms with E-state index in [0.29, 0.717) is 23.9 Å². The minimum Gasteiger partial charge on any atom is -0.469 e. The van der Waals surface area contributed by atoms with Crippen molar-refractivity contribution in [2.45, 2.75) is 77.9 Å². The van der Waals surface area contributed by atoms with Crippen molar-refractivity contribution in [2.75, 3.05) is 7.11 Å². The number of esters is 1. The molecule has 0 aromatic heterocycles. The number of rotatable bonds is 2. The molecule has 0 aromatic rings. The van der Waals surface area contributed by atoms with Crippen molar-refractivity contribution in [3.63, 3.8) is 0 Å². The molecule has 0 amide bonds. The van der Waals surface area contributed by atoms with Crippen LogP contribution in [0.4, 0.5) is 0 Å². The van der Waals surface area contributed by atoms with E-state index in [1.807, 2.05) is 0 Å². The van der Waals surface area contributed by atoms with Gasteiger partial charge in [0.25, 0.3) is 0 Å². The highest BCUT2D eigenvalue weighted by Crippen LogP contribution is 2.70. The number of epoxide rings is 1. The summed E-state index contributed by atoms with van der Waals surface area (Å²) in [5.41, 5.74) is 1.46. The third-order valence-corrected chi connectivity index (χ3v) is 8.12. The summed E-state index contributed by atoms with van der Waals surface area (Å²) in [6.45, 7) is 9.16. The van der Waals surface area contributed by atoms with Crippen LogP contribution in [0.3, 0.4) is 0 Å². The normalized spacial score (nSPS) is 49.6. The molecule has 3 heteroatoms. The van der Waals surface area contributed by atoms with Crippen LogP contribution in [0.2, 0.25) is 0 Å². The van der Waals surface area contributed by atoms with Crippen LogP contribution in [0, 0.1) is 28.6 Å². The van der Waals surface area contributed by atoms with Gasteiger partial charge in [-0.3, -0.25) is 4.79 Å². The number of ether oxygens (including phenoxy) is 2. The molecule has 134 valence electrons. The lowest BCUT2D eigenvalue weighted by atomic mass is 9.44. The van der Waals surface area contributed by atoms with Gasteiger partial charge < -0.3 is 9.47 Å². The lowest BCUT2D eigenvalue weighted by Crippen LogP contribution is -2.58. The second-order valence-corrected chi connectivity index (χ2v) is 9.46. The number of allylic oxidation sites excluding steroid dienone is 1. The van der Waals surface area contributed by atoms with Crippen molar-refractivity contribution in [3.8, 4) is 0 Å². The number of carbonyl (C=O) groups is 1. The van der Waals surface area contributed by atoms with Crippen molar-refractivity contribution < 1.29 is 14.3 Å². The lowest BCUT2D eigenvalue weighted by Gasteiger charge is -2.59. The monoisotopic (exact) mass is 332 g/mol. The molecule has 3 nitrogen and oxygen atoms in total. The van der Waals surface area contributed by atoms with Gasteiger partial charge >= 0.3 is 5.97 Å². The predicted molar refractivity (Wildman–Crippen MR) is 93.4 cm³/mol. The third kappa shape index (κ3) is 1.91. The van der Waals surface area contributed by atoms with Gasteiger partial charge in [-0.2, -0.15) is 0 Å². The highest BCUT2D eigenvalue weighted by Gasteiger charge is 2.72. The van der Waals surface area contributed by atoms with E-state index in [-0.39, 0.29) is 22.4 Å². The molecule has 0 aromatic carbocycles. The van der Waals surface area contributed by atoms with Crippen molar-refractivity contribution in [2.24, 2.45) is 28.6 Å². The van der Waals surface area contributed by atoms with E-state index < -0.39 is 0 Å². The van der Waals surface area contributed by atoms with Crippen LogP contribution >= 0.6 is 0 Å². The Bertz CT molecular complexity index is 594. The summed E-state index contributed by atoms with van der Waals surface area (Å²) >= 11 is 0. The van der Waals surface area contributed by atoms with Gasteiger partial charge in [-0.1, -0.05) is 33.3 Å². The highest BCUT2D eigenvalue weighted by molar-refractivity contribution is 5.77. The maximum absolute atomic E-state index is 12.6. The van der Waals surface area contributed by atoms with Crippen LogP contribution in [0.15, 0.2) is 11.6 Å². The molecule has 24 heavy (non-hydrogen) atoms. The van der Waals surface area contributed by atoms with Gasteiger partial charge in [0.05, 0.1) is 12.5 Å². The summed E-state index contributed by atoms with van der Waals surface area (Å²) < 4.78 is 11.7. The Morgan fingerprint density at radius 3 is 2.67 bits per heavy atom. The second kappa shape index (κ2) is 5.09. The summed E-state index contributed by atoms with van der Waals surface area (Å²) in [6.07, 6.45) is 9.45. The molecular formula is C21H32O3. The van der Waals surface area contributed by atoms with E-state index in [1.165, 1.54) is 12.0 Å². The Labute approximate surface area is 146 Å². The largest absolute Gasteiger partial charge is 0.469 e. The average Bonchev–Trinajstić information content (AvgIpc) is 3.26. The molecule has 4 aliphatic rings. The Morgan fingerprint density at radius 1 is 1.25 bits per heavy atom. The minimum absolute atomic E-state index is 0.00291. The molecule has 3 aliphatic carbocycles. The molecule has 0 N–H and O–H groups in total. The highest BCUT2D eigenvalue weighted by atomic mass is 16.6. The van der Waals surface area contributed by atoms with E-state index in [9.17, 15) is 4.79 Å². The maximum atomic E-state index is 12.6. The zero-order valence-electron chi connectivity index (χ0n) is 15.9. The molecule has 0 bridgehead atoms. The molecule has 3 fully saturated rings. The predicted octanol–water partition coefficient (Wildman–Crippen LogP) is 4.51. The van der Waals surface area contributed by atoms with E-state index in [4.69, 9.17) is 9.47 Å². The van der Waals surface area contributed by atoms with Gasteiger partial charge in [-0.05, 0) is 67.8 Å². The van der Waals surface area contributed by atoms with E-state index in [1.54, 1.807) is 7.11 Å². The number of fused-ring (bicyclic) bond motifs is 2. The molecule has 1 saturated heterocycles. The number of methoxy groups -OCH3 is 1. The minimum atomic E-state index is -0.324. The van der Waals surface area contributed by atoms with Crippen LogP contribution in [0.1, 0.15) is 66.2 Å². The van der Waals surface area contributed by atoms with E-state index in [0.717, 1.165) is 32.1 Å². The summed E-state index contributed by atoms with van der Waals surface area (Å²) in [5.74, 6) is 1.55. The SMILES string of the molecule is COC(=O)C1(C)CCCC2(C)C1CCC13OC1C(C(C)C)=CCC23. The topological polar surface area (TPSA) is 38.8 Å². The zero-order chi connectivity index (χ0) is 17.3. The van der Waals surface area contributed by atoms with Crippen molar-refractivity contribution in [1.29, 1.82) is 0 Å². The van der Waals surface area contributed by atoms with Crippen LogP contribution in [-0.2, 0) is 14.3 Å². The molecule has 4 rings (SSSR count). The molecule has 6 unspecified atom stereocenters. The maximum Gasteiger partial charge on any atom is 0.311 e. The third-order valence-electron chi connectivity index (χ3n) is 8.12. The first-order chi connectivity index (χ1) is 11.3. The van der Waals surface area contributed by atoms with E-state index >= 15 is 0 Å². The Balaban J connectivity index is 1.70. The summed E-state index contributed by atoms with van der Waals surface area (Å²) in [6, 6.07) is 0. The van der Waals surface area contributed by atoms with Crippen molar-refractivity contribution >= 4 is 5.97 Å². The molecule has 1 aliphatic heterocycles. The Hall–Kier alpha value is -0.830. The van der Waals surface area contributed by atoms with Crippen LogP contribution in [0.5, 0.6) is 0 Å². The van der Waals surface area contributed by atoms with Crippen LogP contribution in [0.25, 0.3) is 0 Å². The first-order valence-corrected chi connectivity index (χ1v) is 9.76. The standard InChI is InChI=1S/C21H32O3/c1-13(2)14-7-8-16-19(3)10-6-11-20(4,18(22)23-5)15(19)9-12-21(16)17(14)24-21/h7,13,15-17H,6,8-12H2,1-5H3. The van der Waals surface area contributed by atoms with Crippen molar-refractivity contribution in [3.05, 3.63) is 11.6 Å². The van der Waals surface area contributed by atoms with Gasteiger partial charge in [0.15, 0.2) is 0 Å². The van der Waals surface area contributed by atoms with Gasteiger partial charge in [0, 0.05) is 0 Å². The fourth-order valence-electron chi connectivity index (χ4n) is 6.92. The number of hydrogen-bond acceptors (Lipinski definition) is 3. The smallest absolute Gasteiger partial charge is 0.311 e. The van der Waals surface area contributed by atoms with Crippen LogP contribution in [-0.4, -0.2) is 24.8 Å². The fraction of sp³-hybridized carbons (Fsp3) is 0.857.